The number of rotatable bonds is 3. The van der Waals surface area contributed by atoms with E-state index in [0.29, 0.717) is 23.1 Å². The molecule has 3 aliphatic rings. The fraction of sp³-hybridized carbons (Fsp3) is 0.619. The molecule has 2 N–H and O–H groups in total. The lowest BCUT2D eigenvalue weighted by molar-refractivity contribution is 0.0259. The molecule has 1 aliphatic carbocycles. The van der Waals surface area contributed by atoms with Crippen molar-refractivity contribution in [2.75, 3.05) is 25.5 Å². The number of oxazole rings is 1. The fourth-order valence-corrected chi connectivity index (χ4v) is 5.47. The molecule has 8 heteroatoms. The summed E-state index contributed by atoms with van der Waals surface area (Å²) in [6, 6.07) is 1.61. The van der Waals surface area contributed by atoms with Gasteiger partial charge >= 0.3 is 6.03 Å². The summed E-state index contributed by atoms with van der Waals surface area (Å²) in [6.45, 7) is 2.54. The Morgan fingerprint density at radius 1 is 1.34 bits per heavy atom. The number of methoxy groups -OCH3 is 1. The first-order chi connectivity index (χ1) is 14.1. The normalized spacial score (nSPS) is 24.3. The molecule has 1 saturated carbocycles. The van der Waals surface area contributed by atoms with Crippen LogP contribution in [-0.2, 0) is 16.8 Å². The quantitative estimate of drug-likeness (QED) is 0.772. The van der Waals surface area contributed by atoms with Crippen LogP contribution in [0, 0.1) is 0 Å². The molecule has 0 radical (unpaired) electrons. The Balaban J connectivity index is 1.55. The second-order valence-electron chi connectivity index (χ2n) is 8.52. The number of aromatic nitrogens is 1. The molecule has 29 heavy (non-hydrogen) atoms. The summed E-state index contributed by atoms with van der Waals surface area (Å²) in [6.07, 6.45) is 7.57. The highest BCUT2D eigenvalue weighted by molar-refractivity contribution is 6.35. The topological polar surface area (TPSA) is 79.6 Å². The number of fused-ring (bicyclic) bond motifs is 4. The molecule has 1 atom stereocenters. The third kappa shape index (κ3) is 3.39. The SMILES string of the molecule is CO[C@@H]1CCCN(Cc2nc3cc(Cl)c4c(c3o2)C2(CCCCC2)NC(=O)N4)C1. The number of nitrogens with one attached hydrogen (secondary N) is 2. The molecule has 2 aliphatic heterocycles. The smallest absolute Gasteiger partial charge is 0.319 e. The average Bonchev–Trinajstić information content (AvgIpc) is 3.10. The molecule has 1 saturated heterocycles. The van der Waals surface area contributed by atoms with Crippen molar-refractivity contribution in [1.82, 2.24) is 15.2 Å². The first-order valence-electron chi connectivity index (χ1n) is 10.5. The maximum Gasteiger partial charge on any atom is 0.319 e. The first-order valence-corrected chi connectivity index (χ1v) is 10.9. The summed E-state index contributed by atoms with van der Waals surface area (Å²) in [4.78, 5) is 19.4. The molecule has 0 bridgehead atoms. The van der Waals surface area contributed by atoms with E-state index in [4.69, 9.17) is 25.7 Å². The van der Waals surface area contributed by atoms with E-state index in [2.05, 4.69) is 15.5 Å². The van der Waals surface area contributed by atoms with Gasteiger partial charge in [-0.2, -0.15) is 0 Å². The molecule has 1 aromatic carbocycles. The summed E-state index contributed by atoms with van der Waals surface area (Å²) in [7, 11) is 1.77. The number of piperidine rings is 1. The Labute approximate surface area is 175 Å². The summed E-state index contributed by atoms with van der Waals surface area (Å²) >= 11 is 6.58. The molecular formula is C21H27ClN4O3. The summed E-state index contributed by atoms with van der Waals surface area (Å²) in [5.41, 5.74) is 2.71. The molecule has 7 nitrogen and oxygen atoms in total. The zero-order valence-corrected chi connectivity index (χ0v) is 17.5. The van der Waals surface area contributed by atoms with Gasteiger partial charge in [-0.3, -0.25) is 4.90 Å². The van der Waals surface area contributed by atoms with Gasteiger partial charge in [0.25, 0.3) is 0 Å². The van der Waals surface area contributed by atoms with Crippen LogP contribution < -0.4 is 10.6 Å². The van der Waals surface area contributed by atoms with Crippen LogP contribution in [0.3, 0.4) is 0 Å². The number of hydrogen-bond donors (Lipinski definition) is 2. The number of hydrogen-bond acceptors (Lipinski definition) is 5. The van der Waals surface area contributed by atoms with Crippen molar-refractivity contribution < 1.29 is 13.9 Å². The number of likely N-dealkylation sites (tertiary alicyclic amines) is 1. The zero-order chi connectivity index (χ0) is 20.0. The number of amides is 2. The van der Waals surface area contributed by atoms with E-state index >= 15 is 0 Å². The van der Waals surface area contributed by atoms with Gasteiger partial charge in [0.05, 0.1) is 28.9 Å². The number of nitrogens with zero attached hydrogens (tertiary/aromatic N) is 2. The van der Waals surface area contributed by atoms with E-state index in [9.17, 15) is 4.79 Å². The van der Waals surface area contributed by atoms with Crippen LogP contribution in [0.1, 0.15) is 56.4 Å². The molecule has 2 fully saturated rings. The molecule has 1 aromatic heterocycles. The van der Waals surface area contributed by atoms with Gasteiger partial charge in [0, 0.05) is 19.2 Å². The van der Waals surface area contributed by atoms with Crippen molar-refractivity contribution in [1.29, 1.82) is 0 Å². The van der Waals surface area contributed by atoms with Gasteiger partial charge < -0.3 is 19.8 Å². The Morgan fingerprint density at radius 3 is 2.97 bits per heavy atom. The van der Waals surface area contributed by atoms with Gasteiger partial charge in [-0.05, 0) is 38.3 Å². The van der Waals surface area contributed by atoms with E-state index < -0.39 is 5.54 Å². The Morgan fingerprint density at radius 2 is 2.17 bits per heavy atom. The third-order valence-corrected chi connectivity index (χ3v) is 6.91. The molecule has 156 valence electrons. The predicted octanol–water partition coefficient (Wildman–Crippen LogP) is 4.39. The van der Waals surface area contributed by atoms with Gasteiger partial charge in [-0.1, -0.05) is 30.9 Å². The number of carbonyl (C=O) groups is 1. The average molecular weight is 419 g/mol. The standard InChI is InChI=1S/C21H27ClN4O3/c1-28-13-6-5-9-26(11-13)12-16-23-15-10-14(22)18-17(19(15)29-16)21(25-20(27)24-18)7-3-2-4-8-21/h10,13H,2-9,11-12H2,1H3,(H2,24,25,27)/t13-/m1/s1. The molecule has 1 spiro atoms. The van der Waals surface area contributed by atoms with Crippen molar-refractivity contribution in [3.8, 4) is 0 Å². The molecular weight excluding hydrogens is 392 g/mol. The van der Waals surface area contributed by atoms with Crippen LogP contribution in [0.4, 0.5) is 10.5 Å². The van der Waals surface area contributed by atoms with Crippen molar-refractivity contribution in [3.63, 3.8) is 0 Å². The van der Waals surface area contributed by atoms with Gasteiger partial charge in [-0.15, -0.1) is 0 Å². The highest BCUT2D eigenvalue weighted by Gasteiger charge is 2.44. The lowest BCUT2D eigenvalue weighted by Gasteiger charge is -2.42. The van der Waals surface area contributed by atoms with Gasteiger partial charge in [-0.25, -0.2) is 9.78 Å². The molecule has 0 unspecified atom stereocenters. The minimum Gasteiger partial charge on any atom is -0.439 e. The highest BCUT2D eigenvalue weighted by Crippen LogP contribution is 2.48. The summed E-state index contributed by atoms with van der Waals surface area (Å²) < 4.78 is 11.8. The number of halogens is 1. The second-order valence-corrected chi connectivity index (χ2v) is 8.93. The van der Waals surface area contributed by atoms with Crippen LogP contribution in [0.25, 0.3) is 11.1 Å². The van der Waals surface area contributed by atoms with Crippen LogP contribution in [0.2, 0.25) is 5.02 Å². The molecule has 2 amide bonds. The van der Waals surface area contributed by atoms with E-state index in [1.54, 1.807) is 13.2 Å². The number of anilines is 1. The van der Waals surface area contributed by atoms with E-state index in [0.717, 1.165) is 68.3 Å². The van der Waals surface area contributed by atoms with E-state index in [-0.39, 0.29) is 12.1 Å². The van der Waals surface area contributed by atoms with Crippen LogP contribution in [0.15, 0.2) is 10.5 Å². The molecule has 3 heterocycles. The van der Waals surface area contributed by atoms with Crippen molar-refractivity contribution in [2.24, 2.45) is 0 Å². The minimum absolute atomic E-state index is 0.195. The first kappa shape index (κ1) is 19.2. The van der Waals surface area contributed by atoms with Crippen molar-refractivity contribution >= 4 is 34.4 Å². The lowest BCUT2D eigenvalue weighted by atomic mass is 9.74. The van der Waals surface area contributed by atoms with Crippen molar-refractivity contribution in [3.05, 3.63) is 22.5 Å². The number of carbonyl (C=O) groups excluding carboxylic acids is 1. The van der Waals surface area contributed by atoms with Crippen LogP contribution >= 0.6 is 11.6 Å². The number of benzene rings is 1. The second kappa shape index (κ2) is 7.45. The summed E-state index contributed by atoms with van der Waals surface area (Å²) in [5, 5.41) is 6.61. The van der Waals surface area contributed by atoms with Gasteiger partial charge in [0.2, 0.25) is 5.89 Å². The number of ether oxygens (including phenoxy) is 1. The largest absolute Gasteiger partial charge is 0.439 e. The van der Waals surface area contributed by atoms with Crippen molar-refractivity contribution in [2.45, 2.75) is 63.1 Å². The van der Waals surface area contributed by atoms with E-state index in [1.807, 2.05) is 0 Å². The fourth-order valence-electron chi connectivity index (χ4n) is 5.22. The number of urea groups is 1. The highest BCUT2D eigenvalue weighted by atomic mass is 35.5. The molecule has 2 aromatic rings. The molecule has 5 rings (SSSR count). The van der Waals surface area contributed by atoms with Gasteiger partial charge in [0.15, 0.2) is 5.58 Å². The third-order valence-electron chi connectivity index (χ3n) is 6.61. The monoisotopic (exact) mass is 418 g/mol. The minimum atomic E-state index is -0.428. The Kier molecular flexibility index (Phi) is 4.92. The summed E-state index contributed by atoms with van der Waals surface area (Å²) in [5.74, 6) is 0.684. The Bertz CT molecular complexity index is 938. The van der Waals surface area contributed by atoms with Crippen LogP contribution in [-0.4, -0.2) is 42.2 Å². The lowest BCUT2D eigenvalue weighted by Crippen LogP contribution is -2.52. The maximum atomic E-state index is 12.4. The predicted molar refractivity (Wildman–Crippen MR) is 111 cm³/mol. The Hall–Kier alpha value is -1.83. The van der Waals surface area contributed by atoms with E-state index in [1.165, 1.54) is 6.42 Å². The van der Waals surface area contributed by atoms with Crippen LogP contribution in [0.5, 0.6) is 0 Å². The van der Waals surface area contributed by atoms with Gasteiger partial charge in [0.1, 0.15) is 5.52 Å². The zero-order valence-electron chi connectivity index (χ0n) is 16.7. The maximum absolute atomic E-state index is 12.4.